The van der Waals surface area contributed by atoms with E-state index in [1.165, 1.54) is 12.1 Å². The van der Waals surface area contributed by atoms with Crippen molar-refractivity contribution < 1.29 is 19.1 Å². The van der Waals surface area contributed by atoms with Crippen LogP contribution in [-0.2, 0) is 9.59 Å². The third kappa shape index (κ3) is 4.41. The number of carboxylic acid groups (broad SMARTS) is 1. The van der Waals surface area contributed by atoms with Crippen molar-refractivity contribution in [2.45, 2.75) is 37.6 Å². The lowest BCUT2D eigenvalue weighted by Crippen LogP contribution is -2.54. The zero-order valence-corrected chi connectivity index (χ0v) is 11.6. The molecule has 1 aliphatic carbocycles. The zero-order chi connectivity index (χ0) is 15.3. The van der Waals surface area contributed by atoms with Crippen molar-refractivity contribution in [3.05, 3.63) is 41.7 Å². The van der Waals surface area contributed by atoms with E-state index in [1.807, 2.05) is 0 Å². The van der Waals surface area contributed by atoms with Crippen LogP contribution in [0.15, 0.2) is 30.3 Å². The number of nitrogens with one attached hydrogen (secondary N) is 1. The van der Waals surface area contributed by atoms with Crippen LogP contribution < -0.4 is 5.32 Å². The number of amides is 1. The number of hydrogen-bond acceptors (Lipinski definition) is 2. The van der Waals surface area contributed by atoms with Crippen LogP contribution in [-0.4, -0.2) is 22.5 Å². The van der Waals surface area contributed by atoms with Gasteiger partial charge in [-0.25, -0.2) is 4.39 Å². The first-order chi connectivity index (χ1) is 9.99. The molecule has 1 fully saturated rings. The van der Waals surface area contributed by atoms with Gasteiger partial charge in [0.25, 0.3) is 0 Å². The Balaban J connectivity index is 1.84. The summed E-state index contributed by atoms with van der Waals surface area (Å²) in [5.41, 5.74) is 0.250. The fourth-order valence-electron chi connectivity index (χ4n) is 2.46. The molecular weight excluding hydrogens is 273 g/mol. The Hall–Kier alpha value is -2.17. The molecule has 0 aliphatic heterocycles. The van der Waals surface area contributed by atoms with Crippen LogP contribution in [0.4, 0.5) is 4.39 Å². The highest BCUT2D eigenvalue weighted by atomic mass is 19.1. The van der Waals surface area contributed by atoms with E-state index >= 15 is 0 Å². The van der Waals surface area contributed by atoms with Gasteiger partial charge in [0, 0.05) is 6.42 Å². The van der Waals surface area contributed by atoms with Crippen molar-refractivity contribution >= 4 is 18.0 Å². The van der Waals surface area contributed by atoms with E-state index in [9.17, 15) is 14.0 Å². The Labute approximate surface area is 122 Å². The average Bonchev–Trinajstić information content (AvgIpc) is 2.38. The molecule has 2 rings (SSSR count). The van der Waals surface area contributed by atoms with E-state index in [1.54, 1.807) is 24.3 Å². The topological polar surface area (TPSA) is 66.4 Å². The summed E-state index contributed by atoms with van der Waals surface area (Å²) in [7, 11) is 0. The maximum atomic E-state index is 12.7. The van der Waals surface area contributed by atoms with Crippen molar-refractivity contribution in [1.29, 1.82) is 0 Å². The van der Waals surface area contributed by atoms with E-state index < -0.39 is 11.5 Å². The summed E-state index contributed by atoms with van der Waals surface area (Å²) in [5, 5.41) is 11.7. The van der Waals surface area contributed by atoms with E-state index in [-0.39, 0.29) is 24.6 Å². The lowest BCUT2D eigenvalue weighted by atomic mass is 9.74. The summed E-state index contributed by atoms with van der Waals surface area (Å²) in [6, 6.07) is 5.97. The molecule has 1 amide bonds. The molecule has 2 N–H and O–H groups in total. The van der Waals surface area contributed by atoms with Gasteiger partial charge in [-0.05, 0) is 37.0 Å². The van der Waals surface area contributed by atoms with E-state index in [0.29, 0.717) is 12.8 Å². The Morgan fingerprint density at radius 2 is 1.95 bits per heavy atom. The number of rotatable bonds is 6. The van der Waals surface area contributed by atoms with Crippen LogP contribution in [0.3, 0.4) is 0 Å². The molecule has 5 heteroatoms. The molecule has 0 spiro atoms. The molecule has 0 atom stereocenters. The highest BCUT2D eigenvalue weighted by Gasteiger charge is 2.39. The lowest BCUT2D eigenvalue weighted by molar-refractivity contribution is -0.140. The summed E-state index contributed by atoms with van der Waals surface area (Å²) in [6.45, 7) is 0. The highest BCUT2D eigenvalue weighted by molar-refractivity contribution is 5.80. The first-order valence-corrected chi connectivity index (χ1v) is 6.94. The van der Waals surface area contributed by atoms with Gasteiger partial charge in [-0.1, -0.05) is 24.3 Å². The standard InChI is InChI=1S/C16H18FNO3/c17-13-7-5-12(6-8-13)3-1-4-14(19)18-16(9-2-10-16)11-15(20)21/h1,3,5-8H,2,4,9-11H2,(H,18,19)(H,20,21)/b3-1+. The minimum atomic E-state index is -0.892. The minimum Gasteiger partial charge on any atom is -0.481 e. The van der Waals surface area contributed by atoms with Crippen molar-refractivity contribution in [3.63, 3.8) is 0 Å². The summed E-state index contributed by atoms with van der Waals surface area (Å²) >= 11 is 0. The molecule has 1 saturated carbocycles. The van der Waals surface area contributed by atoms with Gasteiger partial charge in [0.2, 0.25) is 5.91 Å². The average molecular weight is 291 g/mol. The summed E-state index contributed by atoms with van der Waals surface area (Å²) in [5.74, 6) is -1.38. The molecule has 0 heterocycles. The second kappa shape index (κ2) is 6.52. The molecular formula is C16H18FNO3. The fraction of sp³-hybridized carbons (Fsp3) is 0.375. The predicted molar refractivity (Wildman–Crippen MR) is 77.0 cm³/mol. The number of aliphatic carboxylic acids is 1. The molecule has 0 saturated heterocycles. The van der Waals surface area contributed by atoms with Gasteiger partial charge in [-0.2, -0.15) is 0 Å². The quantitative estimate of drug-likeness (QED) is 0.847. The maximum absolute atomic E-state index is 12.7. The van der Waals surface area contributed by atoms with Crippen LogP contribution in [0, 0.1) is 5.82 Å². The van der Waals surface area contributed by atoms with Crippen LogP contribution in [0.25, 0.3) is 6.08 Å². The number of halogens is 1. The van der Waals surface area contributed by atoms with Crippen molar-refractivity contribution in [3.8, 4) is 0 Å². The lowest BCUT2D eigenvalue weighted by Gasteiger charge is -2.41. The Bertz CT molecular complexity index is 547. The van der Waals surface area contributed by atoms with Gasteiger partial charge < -0.3 is 10.4 Å². The van der Waals surface area contributed by atoms with Crippen LogP contribution in [0.2, 0.25) is 0 Å². The molecule has 1 aromatic carbocycles. The van der Waals surface area contributed by atoms with Crippen molar-refractivity contribution in [2.75, 3.05) is 0 Å². The second-order valence-electron chi connectivity index (χ2n) is 5.41. The number of hydrogen-bond donors (Lipinski definition) is 2. The molecule has 0 unspecified atom stereocenters. The summed E-state index contributed by atoms with van der Waals surface area (Å²) < 4.78 is 12.7. The Kier molecular flexibility index (Phi) is 4.73. The van der Waals surface area contributed by atoms with Gasteiger partial charge in [0.15, 0.2) is 0 Å². The van der Waals surface area contributed by atoms with Gasteiger partial charge in [-0.3, -0.25) is 9.59 Å². The minimum absolute atomic E-state index is 0.0274. The van der Waals surface area contributed by atoms with Crippen LogP contribution in [0.5, 0.6) is 0 Å². The number of carbonyl (C=O) groups excluding carboxylic acids is 1. The van der Waals surface area contributed by atoms with Crippen molar-refractivity contribution in [2.24, 2.45) is 0 Å². The normalized spacial score (nSPS) is 16.4. The van der Waals surface area contributed by atoms with Gasteiger partial charge in [0.1, 0.15) is 5.82 Å². The molecule has 21 heavy (non-hydrogen) atoms. The third-order valence-corrected chi connectivity index (χ3v) is 3.69. The molecule has 0 radical (unpaired) electrons. The number of carbonyl (C=O) groups is 2. The first-order valence-electron chi connectivity index (χ1n) is 6.94. The SMILES string of the molecule is O=C(O)CC1(NC(=O)C/C=C/c2ccc(F)cc2)CCC1. The number of benzene rings is 1. The Morgan fingerprint density at radius 3 is 2.48 bits per heavy atom. The molecule has 0 bridgehead atoms. The van der Waals surface area contributed by atoms with E-state index in [2.05, 4.69) is 5.32 Å². The Morgan fingerprint density at radius 1 is 1.29 bits per heavy atom. The van der Waals surface area contributed by atoms with Gasteiger partial charge in [-0.15, -0.1) is 0 Å². The van der Waals surface area contributed by atoms with Gasteiger partial charge in [0.05, 0.1) is 12.0 Å². The number of carboxylic acids is 1. The van der Waals surface area contributed by atoms with Crippen molar-refractivity contribution in [1.82, 2.24) is 5.32 Å². The summed E-state index contributed by atoms with van der Waals surface area (Å²) in [6.07, 6.45) is 5.96. The van der Waals surface area contributed by atoms with Crippen LogP contribution in [0.1, 0.15) is 37.7 Å². The predicted octanol–water partition coefficient (Wildman–Crippen LogP) is 2.74. The van der Waals surface area contributed by atoms with E-state index in [0.717, 1.165) is 12.0 Å². The molecule has 1 aliphatic rings. The summed E-state index contributed by atoms with van der Waals surface area (Å²) in [4.78, 5) is 22.7. The monoisotopic (exact) mass is 291 g/mol. The fourth-order valence-corrected chi connectivity index (χ4v) is 2.46. The van der Waals surface area contributed by atoms with Gasteiger partial charge >= 0.3 is 5.97 Å². The maximum Gasteiger partial charge on any atom is 0.305 e. The molecule has 4 nitrogen and oxygen atoms in total. The molecule has 112 valence electrons. The first kappa shape index (κ1) is 15.2. The highest BCUT2D eigenvalue weighted by Crippen LogP contribution is 2.34. The zero-order valence-electron chi connectivity index (χ0n) is 11.6. The second-order valence-corrected chi connectivity index (χ2v) is 5.41. The van der Waals surface area contributed by atoms with E-state index in [4.69, 9.17) is 5.11 Å². The van der Waals surface area contributed by atoms with Crippen LogP contribution >= 0.6 is 0 Å². The molecule has 1 aromatic rings. The third-order valence-electron chi connectivity index (χ3n) is 3.69. The smallest absolute Gasteiger partial charge is 0.305 e. The largest absolute Gasteiger partial charge is 0.481 e. The molecule has 0 aromatic heterocycles.